The van der Waals surface area contributed by atoms with Crippen LogP contribution in [0.2, 0.25) is 0 Å². The number of anilines is 1. The highest BCUT2D eigenvalue weighted by molar-refractivity contribution is 7.91. The van der Waals surface area contributed by atoms with Crippen LogP contribution in [0.1, 0.15) is 41.0 Å². The van der Waals surface area contributed by atoms with E-state index in [0.717, 1.165) is 41.2 Å². The van der Waals surface area contributed by atoms with E-state index in [0.29, 0.717) is 16.8 Å². The number of amides is 1. The van der Waals surface area contributed by atoms with Gasteiger partial charge in [-0.25, -0.2) is 18.4 Å². The molecular formula is C31H33N5O5S. The number of fused-ring (bicyclic) bond motifs is 2. The van der Waals surface area contributed by atoms with Gasteiger partial charge in [0.15, 0.2) is 9.84 Å². The molecule has 11 heteroatoms. The van der Waals surface area contributed by atoms with Crippen LogP contribution >= 0.6 is 0 Å². The molecule has 4 aromatic rings. The number of morpholine rings is 1. The molecule has 0 aliphatic carbocycles. The van der Waals surface area contributed by atoms with Gasteiger partial charge in [0, 0.05) is 30.2 Å². The Morgan fingerprint density at radius 2 is 1.83 bits per heavy atom. The van der Waals surface area contributed by atoms with E-state index in [-0.39, 0.29) is 54.1 Å². The summed E-state index contributed by atoms with van der Waals surface area (Å²) >= 11 is 0. The summed E-state index contributed by atoms with van der Waals surface area (Å²) < 4.78 is 36.8. The first-order valence-corrected chi connectivity index (χ1v) is 15.7. The van der Waals surface area contributed by atoms with Crippen molar-refractivity contribution in [1.82, 2.24) is 20.3 Å². The van der Waals surface area contributed by atoms with Crippen LogP contribution < -0.4 is 10.2 Å². The van der Waals surface area contributed by atoms with Crippen LogP contribution in [0.4, 0.5) is 5.82 Å². The number of aryl methyl sites for hydroxylation is 1. The zero-order chi connectivity index (χ0) is 29.4. The zero-order valence-electron chi connectivity index (χ0n) is 23.8. The maximum atomic E-state index is 13.1. The Balaban J connectivity index is 1.21. The number of benzene rings is 1. The van der Waals surface area contributed by atoms with E-state index < -0.39 is 9.84 Å². The quantitative estimate of drug-likeness (QED) is 0.371. The van der Waals surface area contributed by atoms with Gasteiger partial charge in [-0.05, 0) is 74.4 Å². The molecule has 1 aromatic carbocycles. The fraction of sp³-hybridized carbons (Fsp3) is 0.355. The molecule has 0 saturated carbocycles. The van der Waals surface area contributed by atoms with Gasteiger partial charge in [-0.15, -0.1) is 0 Å². The summed E-state index contributed by atoms with van der Waals surface area (Å²) in [5.41, 5.74) is 4.48. The zero-order valence-corrected chi connectivity index (χ0v) is 24.6. The van der Waals surface area contributed by atoms with Crippen molar-refractivity contribution >= 4 is 32.5 Å². The second-order valence-electron chi connectivity index (χ2n) is 10.9. The van der Waals surface area contributed by atoms with Gasteiger partial charge in [-0.1, -0.05) is 6.07 Å². The second-order valence-corrected chi connectivity index (χ2v) is 13.0. The summed E-state index contributed by atoms with van der Waals surface area (Å²) in [6.07, 6.45) is 1.99. The highest BCUT2D eigenvalue weighted by Crippen LogP contribution is 2.27. The monoisotopic (exact) mass is 587 g/mol. The number of pyridine rings is 3. The Bertz CT molecular complexity index is 1770. The summed E-state index contributed by atoms with van der Waals surface area (Å²) in [6.45, 7) is 8.00. The van der Waals surface area contributed by atoms with Crippen LogP contribution in [0, 0.1) is 6.92 Å². The summed E-state index contributed by atoms with van der Waals surface area (Å²) in [4.78, 5) is 29.7. The predicted molar refractivity (Wildman–Crippen MR) is 159 cm³/mol. The minimum absolute atomic E-state index is 0.105. The van der Waals surface area contributed by atoms with Crippen molar-refractivity contribution in [2.75, 3.05) is 30.3 Å². The lowest BCUT2D eigenvalue weighted by molar-refractivity contribution is -0.00545. The molecule has 0 bridgehead atoms. The molecule has 1 fully saturated rings. The fourth-order valence-corrected chi connectivity index (χ4v) is 6.97. The number of hydrogen-bond acceptors (Lipinski definition) is 9. The number of nitrogens with one attached hydrogen (secondary N) is 1. The second kappa shape index (κ2) is 11.4. The summed E-state index contributed by atoms with van der Waals surface area (Å²) in [6, 6.07) is 14.8. The Hall–Kier alpha value is -3.93. The topological polar surface area (TPSA) is 124 Å². The van der Waals surface area contributed by atoms with E-state index in [1.54, 1.807) is 19.2 Å². The molecule has 1 saturated heterocycles. The van der Waals surface area contributed by atoms with Crippen molar-refractivity contribution in [2.45, 2.75) is 51.0 Å². The first-order valence-electron chi connectivity index (χ1n) is 14.0. The van der Waals surface area contributed by atoms with Crippen molar-refractivity contribution in [3.05, 3.63) is 77.1 Å². The molecule has 3 aromatic heterocycles. The molecule has 5 heterocycles. The minimum atomic E-state index is -3.53. The molecule has 42 heavy (non-hydrogen) atoms. The molecule has 0 radical (unpaired) electrons. The van der Waals surface area contributed by atoms with Crippen LogP contribution in [-0.2, 0) is 32.5 Å². The average Bonchev–Trinajstić information content (AvgIpc) is 3.13. The van der Waals surface area contributed by atoms with Crippen molar-refractivity contribution in [3.63, 3.8) is 0 Å². The fourth-order valence-electron chi connectivity index (χ4n) is 5.51. The van der Waals surface area contributed by atoms with Crippen molar-refractivity contribution in [2.24, 2.45) is 0 Å². The Labute approximate surface area is 245 Å². The lowest BCUT2D eigenvalue weighted by atomic mass is 10.0. The maximum Gasteiger partial charge on any atom is 0.251 e. The van der Waals surface area contributed by atoms with Gasteiger partial charge < -0.3 is 19.7 Å². The molecule has 1 amide bonds. The van der Waals surface area contributed by atoms with Crippen molar-refractivity contribution in [3.8, 4) is 11.4 Å². The van der Waals surface area contributed by atoms with E-state index in [2.05, 4.69) is 29.0 Å². The van der Waals surface area contributed by atoms with Gasteiger partial charge in [0.2, 0.25) is 0 Å². The first-order chi connectivity index (χ1) is 20.2. The smallest absolute Gasteiger partial charge is 0.251 e. The predicted octanol–water partition coefficient (Wildman–Crippen LogP) is 3.85. The van der Waals surface area contributed by atoms with E-state index in [1.165, 1.54) is 6.07 Å². The van der Waals surface area contributed by atoms with Crippen molar-refractivity contribution < 1.29 is 22.7 Å². The third-order valence-electron chi connectivity index (χ3n) is 7.57. The van der Waals surface area contributed by atoms with Gasteiger partial charge in [-0.3, -0.25) is 9.78 Å². The number of nitrogens with zero attached hydrogens (tertiary/aromatic N) is 4. The minimum Gasteiger partial charge on any atom is -0.376 e. The Morgan fingerprint density at radius 3 is 2.64 bits per heavy atom. The van der Waals surface area contributed by atoms with Gasteiger partial charge in [-0.2, -0.15) is 0 Å². The molecule has 2 atom stereocenters. The van der Waals surface area contributed by atoms with Gasteiger partial charge in [0.05, 0.1) is 65.2 Å². The third kappa shape index (κ3) is 5.85. The molecule has 1 N–H and O–H groups in total. The van der Waals surface area contributed by atoms with Crippen LogP contribution in [0.3, 0.4) is 0 Å². The summed E-state index contributed by atoms with van der Waals surface area (Å²) in [7, 11) is -3.53. The normalized spacial score (nSPS) is 20.1. The number of aromatic nitrogens is 3. The standard InChI is InChI=1S/C31H33N5O5S/c1-19-11-23(12-29-25(19)18-40-9-10-42(29,38)39)31(37)33-15-24-13-28-22(14-32-24)7-8-27(34-28)26-5-4-6-30(35-26)36-16-20(2)41-21(3)17-36/h4-8,11-14,20-21H,9-10,15-18H2,1-3H3,(H,33,37)/t20-,21+. The van der Waals surface area contributed by atoms with Gasteiger partial charge >= 0.3 is 0 Å². The molecule has 2 aliphatic heterocycles. The number of rotatable bonds is 5. The first kappa shape index (κ1) is 28.2. The van der Waals surface area contributed by atoms with Crippen LogP contribution in [0.25, 0.3) is 22.3 Å². The largest absolute Gasteiger partial charge is 0.376 e. The molecule has 218 valence electrons. The molecule has 2 aliphatic rings. The maximum absolute atomic E-state index is 13.1. The highest BCUT2D eigenvalue weighted by atomic mass is 32.2. The van der Waals surface area contributed by atoms with E-state index in [9.17, 15) is 13.2 Å². The lowest BCUT2D eigenvalue weighted by Crippen LogP contribution is -2.45. The Kier molecular flexibility index (Phi) is 7.65. The SMILES string of the molecule is Cc1cc(C(=O)NCc2cc3nc(-c4cccc(N5C[C@@H](C)O[C@@H](C)C5)n4)ccc3cn2)cc2c1COCCS2(=O)=O. The van der Waals surface area contributed by atoms with Gasteiger partial charge in [0.1, 0.15) is 5.82 Å². The van der Waals surface area contributed by atoms with Crippen LogP contribution in [0.5, 0.6) is 0 Å². The van der Waals surface area contributed by atoms with E-state index in [4.69, 9.17) is 19.4 Å². The third-order valence-corrected chi connectivity index (χ3v) is 9.31. The summed E-state index contributed by atoms with van der Waals surface area (Å²) in [5.74, 6) is 0.409. The molecule has 0 unspecified atom stereocenters. The van der Waals surface area contributed by atoms with Crippen LogP contribution in [0.15, 0.2) is 59.6 Å². The highest BCUT2D eigenvalue weighted by Gasteiger charge is 2.26. The summed E-state index contributed by atoms with van der Waals surface area (Å²) in [5, 5.41) is 3.74. The number of carbonyl (C=O) groups is 1. The molecule has 0 spiro atoms. The molecule has 6 rings (SSSR count). The molecule has 10 nitrogen and oxygen atoms in total. The molecular weight excluding hydrogens is 554 g/mol. The number of carbonyl (C=O) groups excluding carboxylic acids is 1. The number of ether oxygens (including phenoxy) is 2. The van der Waals surface area contributed by atoms with E-state index >= 15 is 0 Å². The van der Waals surface area contributed by atoms with Crippen LogP contribution in [-0.4, -0.2) is 66.9 Å². The van der Waals surface area contributed by atoms with Gasteiger partial charge in [0.25, 0.3) is 5.91 Å². The number of hydrogen-bond donors (Lipinski definition) is 1. The average molecular weight is 588 g/mol. The number of sulfone groups is 1. The van der Waals surface area contributed by atoms with E-state index in [1.807, 2.05) is 36.4 Å². The lowest BCUT2D eigenvalue weighted by Gasteiger charge is -2.36. The van der Waals surface area contributed by atoms with Crippen molar-refractivity contribution in [1.29, 1.82) is 0 Å². The Morgan fingerprint density at radius 1 is 1.05 bits per heavy atom.